The Kier molecular flexibility index (Phi) is 3.48. The summed E-state index contributed by atoms with van der Waals surface area (Å²) >= 11 is 0. The molecule has 2 N–H and O–H groups in total. The second kappa shape index (κ2) is 5.62. The first-order chi connectivity index (χ1) is 12.2. The third-order valence-corrected chi connectivity index (χ3v) is 7.11. The summed E-state index contributed by atoms with van der Waals surface area (Å²) in [6, 6.07) is 4.17. The number of rotatable bonds is 4. The van der Waals surface area contributed by atoms with Crippen molar-refractivity contribution >= 4 is 5.71 Å². The number of allylic oxidation sites excluding steroid dienone is 2. The van der Waals surface area contributed by atoms with Crippen LogP contribution in [0, 0.1) is 17.8 Å². The highest BCUT2D eigenvalue weighted by Crippen LogP contribution is 2.55. The molecule has 0 atom stereocenters. The number of nitrogens with one attached hydrogen (secondary N) is 2. The Morgan fingerprint density at radius 1 is 1.20 bits per heavy atom. The number of aromatic amines is 1. The van der Waals surface area contributed by atoms with Crippen molar-refractivity contribution in [1.82, 2.24) is 10.3 Å². The summed E-state index contributed by atoms with van der Waals surface area (Å²) in [5, 5.41) is 3.90. The summed E-state index contributed by atoms with van der Waals surface area (Å²) in [6.45, 7) is 4.46. The molecule has 4 fully saturated rings. The highest BCUT2D eigenvalue weighted by Gasteiger charge is 2.50. The molecule has 3 heteroatoms. The van der Waals surface area contributed by atoms with Gasteiger partial charge in [-0.3, -0.25) is 0 Å². The summed E-state index contributed by atoms with van der Waals surface area (Å²) in [6.07, 6.45) is 13.9. The van der Waals surface area contributed by atoms with Crippen molar-refractivity contribution in [3.63, 3.8) is 0 Å². The number of aromatic nitrogens is 1. The van der Waals surface area contributed by atoms with Crippen molar-refractivity contribution < 1.29 is 0 Å². The molecule has 1 aromatic rings. The standard InChI is InChI=1S/C22H29N3/c1-3-18-14(2)20(25-21(18)19-5-4-6-23-19)13-24-22-10-15-7-16(11-22)9-17(8-15)12-22/h4-6,13,15-17,23-24H,3,7-12H2,1-2H3/b20-13-. The van der Waals surface area contributed by atoms with Gasteiger partial charge in [0.25, 0.3) is 0 Å². The van der Waals surface area contributed by atoms with Gasteiger partial charge in [0.1, 0.15) is 0 Å². The van der Waals surface area contributed by atoms with Crippen molar-refractivity contribution in [3.05, 3.63) is 47.1 Å². The van der Waals surface area contributed by atoms with Crippen LogP contribution >= 0.6 is 0 Å². The first kappa shape index (κ1) is 15.5. The van der Waals surface area contributed by atoms with Crippen LogP contribution in [0.3, 0.4) is 0 Å². The van der Waals surface area contributed by atoms with Crippen molar-refractivity contribution in [1.29, 1.82) is 0 Å². The molecule has 132 valence electrons. The zero-order valence-corrected chi connectivity index (χ0v) is 15.4. The van der Waals surface area contributed by atoms with Crippen molar-refractivity contribution in [2.24, 2.45) is 22.7 Å². The van der Waals surface area contributed by atoms with Crippen LogP contribution in [0.15, 0.2) is 46.4 Å². The zero-order chi connectivity index (χ0) is 17.0. The summed E-state index contributed by atoms with van der Waals surface area (Å²) in [5.41, 5.74) is 6.47. The van der Waals surface area contributed by atoms with E-state index in [1.807, 2.05) is 6.20 Å². The Morgan fingerprint density at radius 3 is 2.44 bits per heavy atom. The molecule has 0 unspecified atom stereocenters. The average Bonchev–Trinajstić information content (AvgIpc) is 3.19. The third kappa shape index (κ3) is 2.51. The minimum atomic E-state index is 0.360. The van der Waals surface area contributed by atoms with E-state index in [9.17, 15) is 0 Å². The minimum Gasteiger partial charge on any atom is -0.384 e. The third-order valence-electron chi connectivity index (χ3n) is 7.11. The van der Waals surface area contributed by atoms with Crippen molar-refractivity contribution in [3.8, 4) is 0 Å². The maximum absolute atomic E-state index is 4.99. The number of H-pyrrole nitrogens is 1. The van der Waals surface area contributed by atoms with Crippen molar-refractivity contribution in [2.75, 3.05) is 0 Å². The molecule has 6 rings (SSSR count). The molecule has 0 amide bonds. The molecule has 1 aliphatic heterocycles. The molecular formula is C22H29N3. The Labute approximate surface area is 150 Å². The monoisotopic (exact) mass is 335 g/mol. The second-order valence-electron chi connectivity index (χ2n) is 8.87. The molecule has 4 saturated carbocycles. The van der Waals surface area contributed by atoms with Crippen molar-refractivity contribution in [2.45, 2.75) is 64.3 Å². The minimum absolute atomic E-state index is 0.360. The fourth-order valence-corrected chi connectivity index (χ4v) is 6.39. The molecular weight excluding hydrogens is 306 g/mol. The molecule has 0 aromatic carbocycles. The molecule has 0 saturated heterocycles. The van der Waals surface area contributed by atoms with Gasteiger partial charge < -0.3 is 10.3 Å². The van der Waals surface area contributed by atoms with Crippen LogP contribution in [0.25, 0.3) is 0 Å². The number of hydrogen-bond donors (Lipinski definition) is 2. The van der Waals surface area contributed by atoms with Crippen LogP contribution in [0.5, 0.6) is 0 Å². The maximum Gasteiger partial charge on any atom is 0.0907 e. The van der Waals surface area contributed by atoms with E-state index >= 15 is 0 Å². The van der Waals surface area contributed by atoms with E-state index in [0.717, 1.165) is 41.3 Å². The zero-order valence-electron chi connectivity index (χ0n) is 15.4. The fraction of sp³-hybridized carbons (Fsp3) is 0.591. The predicted octanol–water partition coefficient (Wildman–Crippen LogP) is 4.94. The van der Waals surface area contributed by atoms with Gasteiger partial charge in [0, 0.05) is 17.9 Å². The van der Waals surface area contributed by atoms with Gasteiger partial charge >= 0.3 is 0 Å². The molecule has 25 heavy (non-hydrogen) atoms. The van der Waals surface area contributed by atoms with Gasteiger partial charge in [-0.2, -0.15) is 0 Å². The lowest BCUT2D eigenvalue weighted by Gasteiger charge is -2.57. The van der Waals surface area contributed by atoms with Gasteiger partial charge in [-0.1, -0.05) is 6.92 Å². The van der Waals surface area contributed by atoms with Crippen LogP contribution in [-0.4, -0.2) is 16.2 Å². The SMILES string of the molecule is CCC1=C(C)/C(=C/NC23CC4CC(CC(C4)C2)C3)N=C1c1ccc[nH]1. The maximum atomic E-state index is 4.99. The molecule has 0 spiro atoms. The lowest BCUT2D eigenvalue weighted by Crippen LogP contribution is -2.57. The van der Waals surface area contributed by atoms with Crippen LogP contribution in [-0.2, 0) is 0 Å². The highest BCUT2D eigenvalue weighted by atomic mass is 15.0. The van der Waals surface area contributed by atoms with E-state index in [4.69, 9.17) is 4.99 Å². The molecule has 4 aliphatic carbocycles. The van der Waals surface area contributed by atoms with Gasteiger partial charge in [0.15, 0.2) is 0 Å². The largest absolute Gasteiger partial charge is 0.384 e. The van der Waals surface area contributed by atoms with Crippen LogP contribution in [0.2, 0.25) is 0 Å². The van der Waals surface area contributed by atoms with Crippen LogP contribution in [0.1, 0.15) is 64.5 Å². The second-order valence-corrected chi connectivity index (χ2v) is 8.87. The van der Waals surface area contributed by atoms with E-state index in [1.165, 1.54) is 49.7 Å². The Balaban J connectivity index is 1.42. The number of nitrogens with zero attached hydrogens (tertiary/aromatic N) is 1. The molecule has 1 aromatic heterocycles. The Bertz CT molecular complexity index is 728. The normalized spacial score (nSPS) is 37.9. The van der Waals surface area contributed by atoms with E-state index in [2.05, 4.69) is 42.5 Å². The molecule has 0 radical (unpaired) electrons. The van der Waals surface area contributed by atoms with E-state index in [1.54, 1.807) is 0 Å². The quantitative estimate of drug-likeness (QED) is 0.803. The lowest BCUT2D eigenvalue weighted by atomic mass is 9.53. The number of aliphatic imine (C=N–C) groups is 1. The fourth-order valence-electron chi connectivity index (χ4n) is 6.39. The summed E-state index contributed by atoms with van der Waals surface area (Å²) in [7, 11) is 0. The van der Waals surface area contributed by atoms with E-state index in [-0.39, 0.29) is 0 Å². The molecule has 2 heterocycles. The first-order valence-electron chi connectivity index (χ1n) is 10.1. The van der Waals surface area contributed by atoms with Gasteiger partial charge in [0.2, 0.25) is 0 Å². The Hall–Kier alpha value is -1.77. The van der Waals surface area contributed by atoms with Crippen LogP contribution < -0.4 is 5.32 Å². The predicted molar refractivity (Wildman–Crippen MR) is 102 cm³/mol. The van der Waals surface area contributed by atoms with E-state index in [0.29, 0.717) is 5.54 Å². The summed E-state index contributed by atoms with van der Waals surface area (Å²) < 4.78 is 0. The topological polar surface area (TPSA) is 40.2 Å². The van der Waals surface area contributed by atoms with Crippen LogP contribution in [0.4, 0.5) is 0 Å². The Morgan fingerprint density at radius 2 is 1.88 bits per heavy atom. The summed E-state index contributed by atoms with van der Waals surface area (Å²) in [4.78, 5) is 8.31. The van der Waals surface area contributed by atoms with Gasteiger partial charge in [0.05, 0.1) is 17.1 Å². The highest BCUT2D eigenvalue weighted by molar-refractivity contribution is 6.14. The molecule has 3 nitrogen and oxygen atoms in total. The lowest BCUT2D eigenvalue weighted by molar-refractivity contribution is -0.0130. The van der Waals surface area contributed by atoms with Gasteiger partial charge in [-0.25, -0.2) is 4.99 Å². The van der Waals surface area contributed by atoms with Gasteiger partial charge in [-0.15, -0.1) is 0 Å². The molecule has 4 bridgehead atoms. The average molecular weight is 335 g/mol. The smallest absolute Gasteiger partial charge is 0.0907 e. The summed E-state index contributed by atoms with van der Waals surface area (Å²) in [5.74, 6) is 2.92. The van der Waals surface area contributed by atoms with Gasteiger partial charge in [-0.05, 0) is 92.9 Å². The molecule has 5 aliphatic rings. The number of hydrogen-bond acceptors (Lipinski definition) is 2. The van der Waals surface area contributed by atoms with E-state index < -0.39 is 0 Å². The first-order valence-corrected chi connectivity index (χ1v) is 10.1.